The topological polar surface area (TPSA) is 86.7 Å². The van der Waals surface area contributed by atoms with Gasteiger partial charge >= 0.3 is 5.69 Å². The average Bonchev–Trinajstić information content (AvgIpc) is 2.72. The summed E-state index contributed by atoms with van der Waals surface area (Å²) in [5.74, 6) is 0. The van der Waals surface area contributed by atoms with Gasteiger partial charge in [0.05, 0.1) is 11.0 Å². The highest BCUT2D eigenvalue weighted by molar-refractivity contribution is 5.75. The summed E-state index contributed by atoms with van der Waals surface area (Å²) in [5, 5.41) is 3.40. The Labute approximate surface area is 111 Å². The lowest BCUT2D eigenvalue weighted by atomic mass is 9.62. The van der Waals surface area contributed by atoms with Crippen molar-refractivity contribution in [2.45, 2.75) is 25.3 Å². The SMILES string of the molecule is CNC(c1ccc2[nH]c(=O)[nH]c2c1)C1(CN)CCC1. The molecule has 1 unspecified atom stereocenters. The number of imidazole rings is 1. The van der Waals surface area contributed by atoms with E-state index in [9.17, 15) is 4.79 Å². The number of fused-ring (bicyclic) bond motifs is 1. The number of benzene rings is 1. The largest absolute Gasteiger partial charge is 0.330 e. The van der Waals surface area contributed by atoms with Gasteiger partial charge in [0.2, 0.25) is 0 Å². The molecule has 102 valence electrons. The van der Waals surface area contributed by atoms with Crippen LogP contribution >= 0.6 is 0 Å². The number of rotatable bonds is 4. The fourth-order valence-electron chi connectivity index (χ4n) is 3.30. The van der Waals surface area contributed by atoms with E-state index in [1.165, 1.54) is 12.0 Å². The minimum Gasteiger partial charge on any atom is -0.330 e. The molecule has 0 radical (unpaired) electrons. The Bertz CT molecular complexity index is 633. The van der Waals surface area contributed by atoms with Crippen LogP contribution in [-0.4, -0.2) is 23.6 Å². The number of nitrogens with two attached hydrogens (primary N) is 1. The summed E-state index contributed by atoms with van der Waals surface area (Å²) < 4.78 is 0. The second kappa shape index (κ2) is 4.51. The van der Waals surface area contributed by atoms with Gasteiger partial charge in [-0.25, -0.2) is 4.79 Å². The molecule has 0 spiro atoms. The molecule has 1 aromatic heterocycles. The van der Waals surface area contributed by atoms with Crippen LogP contribution in [0.5, 0.6) is 0 Å². The van der Waals surface area contributed by atoms with Gasteiger partial charge < -0.3 is 21.0 Å². The molecule has 1 aromatic carbocycles. The zero-order valence-electron chi connectivity index (χ0n) is 11.1. The molecule has 1 heterocycles. The highest BCUT2D eigenvalue weighted by Gasteiger charge is 2.42. The number of aromatic amines is 2. The van der Waals surface area contributed by atoms with E-state index in [0.717, 1.165) is 23.9 Å². The van der Waals surface area contributed by atoms with Crippen LogP contribution in [0.1, 0.15) is 30.9 Å². The van der Waals surface area contributed by atoms with Gasteiger partial charge in [-0.1, -0.05) is 12.5 Å². The Hall–Kier alpha value is -1.59. The Kier molecular flexibility index (Phi) is 2.95. The zero-order valence-corrected chi connectivity index (χ0v) is 11.1. The van der Waals surface area contributed by atoms with Crippen LogP contribution in [0.15, 0.2) is 23.0 Å². The first-order valence-electron chi connectivity index (χ1n) is 6.78. The van der Waals surface area contributed by atoms with Gasteiger partial charge in [-0.15, -0.1) is 0 Å². The minimum atomic E-state index is -0.162. The highest BCUT2D eigenvalue weighted by Crippen LogP contribution is 2.49. The summed E-state index contributed by atoms with van der Waals surface area (Å²) in [7, 11) is 1.98. The van der Waals surface area contributed by atoms with Crippen molar-refractivity contribution in [3.05, 3.63) is 34.2 Å². The number of aromatic nitrogens is 2. The van der Waals surface area contributed by atoms with Crippen molar-refractivity contribution < 1.29 is 0 Å². The molecular formula is C14H20N4O. The third-order valence-corrected chi connectivity index (χ3v) is 4.53. The molecule has 3 rings (SSSR count). The highest BCUT2D eigenvalue weighted by atomic mass is 16.1. The Morgan fingerprint density at radius 1 is 1.37 bits per heavy atom. The van der Waals surface area contributed by atoms with Gasteiger partial charge in [-0.3, -0.25) is 0 Å². The minimum absolute atomic E-state index is 0.162. The van der Waals surface area contributed by atoms with Crippen molar-refractivity contribution in [1.29, 1.82) is 0 Å². The summed E-state index contributed by atoms with van der Waals surface area (Å²) >= 11 is 0. The lowest BCUT2D eigenvalue weighted by molar-refractivity contribution is 0.0880. The van der Waals surface area contributed by atoms with E-state index in [4.69, 9.17) is 5.73 Å². The summed E-state index contributed by atoms with van der Waals surface area (Å²) in [4.78, 5) is 16.9. The number of hydrogen-bond donors (Lipinski definition) is 4. The van der Waals surface area contributed by atoms with Crippen LogP contribution in [0.3, 0.4) is 0 Å². The maximum atomic E-state index is 11.3. The first-order chi connectivity index (χ1) is 9.18. The number of H-pyrrole nitrogens is 2. The van der Waals surface area contributed by atoms with Crippen molar-refractivity contribution in [2.24, 2.45) is 11.1 Å². The maximum Gasteiger partial charge on any atom is 0.323 e. The van der Waals surface area contributed by atoms with Gasteiger partial charge in [0.25, 0.3) is 0 Å². The second-order valence-corrected chi connectivity index (χ2v) is 5.53. The molecule has 1 saturated carbocycles. The Morgan fingerprint density at radius 2 is 2.11 bits per heavy atom. The van der Waals surface area contributed by atoms with Crippen molar-refractivity contribution in [2.75, 3.05) is 13.6 Å². The molecule has 2 aromatic rings. The molecule has 1 fully saturated rings. The smallest absolute Gasteiger partial charge is 0.323 e. The van der Waals surface area contributed by atoms with E-state index in [1.807, 2.05) is 19.2 Å². The van der Waals surface area contributed by atoms with Crippen LogP contribution < -0.4 is 16.7 Å². The van der Waals surface area contributed by atoms with Crippen LogP contribution in [0.2, 0.25) is 0 Å². The first-order valence-corrected chi connectivity index (χ1v) is 6.78. The van der Waals surface area contributed by atoms with Crippen LogP contribution in [0, 0.1) is 5.41 Å². The van der Waals surface area contributed by atoms with Crippen molar-refractivity contribution in [1.82, 2.24) is 15.3 Å². The van der Waals surface area contributed by atoms with Gasteiger partial charge in [-0.05, 0) is 44.1 Å². The molecule has 0 bridgehead atoms. The maximum absolute atomic E-state index is 11.3. The summed E-state index contributed by atoms with van der Waals surface area (Å²) in [6.07, 6.45) is 3.58. The standard InChI is InChI=1S/C14H20N4O/c1-16-12(14(8-15)5-2-6-14)9-3-4-10-11(7-9)18-13(19)17-10/h3-4,7,12,16H,2,5-6,8,15H2,1H3,(H2,17,18,19). The van der Waals surface area contributed by atoms with Gasteiger partial charge in [-0.2, -0.15) is 0 Å². The summed E-state index contributed by atoms with van der Waals surface area (Å²) in [5.41, 5.74) is 8.89. The third-order valence-electron chi connectivity index (χ3n) is 4.53. The second-order valence-electron chi connectivity index (χ2n) is 5.53. The van der Waals surface area contributed by atoms with Crippen LogP contribution in [0.25, 0.3) is 11.0 Å². The summed E-state index contributed by atoms with van der Waals surface area (Å²) in [6.45, 7) is 0.695. The fourth-order valence-corrected chi connectivity index (χ4v) is 3.30. The average molecular weight is 260 g/mol. The number of hydrogen-bond acceptors (Lipinski definition) is 3. The van der Waals surface area contributed by atoms with E-state index in [2.05, 4.69) is 21.4 Å². The monoisotopic (exact) mass is 260 g/mol. The normalized spacial score (nSPS) is 19.3. The molecule has 5 heteroatoms. The molecule has 1 aliphatic carbocycles. The lowest BCUT2D eigenvalue weighted by Crippen LogP contribution is -2.47. The van der Waals surface area contributed by atoms with Gasteiger partial charge in [0.15, 0.2) is 0 Å². The van der Waals surface area contributed by atoms with E-state index >= 15 is 0 Å². The third kappa shape index (κ3) is 1.89. The zero-order chi connectivity index (χ0) is 13.5. The van der Waals surface area contributed by atoms with E-state index < -0.39 is 0 Å². The van der Waals surface area contributed by atoms with Gasteiger partial charge in [0.1, 0.15) is 0 Å². The Balaban J connectivity index is 2.03. The molecular weight excluding hydrogens is 240 g/mol. The quantitative estimate of drug-likeness (QED) is 0.667. The van der Waals surface area contributed by atoms with E-state index in [0.29, 0.717) is 6.54 Å². The molecule has 0 saturated heterocycles. The first kappa shape index (κ1) is 12.4. The number of nitrogens with one attached hydrogen (secondary N) is 3. The van der Waals surface area contributed by atoms with Crippen LogP contribution in [-0.2, 0) is 0 Å². The summed E-state index contributed by atoms with van der Waals surface area (Å²) in [6, 6.07) is 6.32. The fraction of sp³-hybridized carbons (Fsp3) is 0.500. The molecule has 5 nitrogen and oxygen atoms in total. The molecule has 5 N–H and O–H groups in total. The molecule has 19 heavy (non-hydrogen) atoms. The predicted molar refractivity (Wildman–Crippen MR) is 76.1 cm³/mol. The molecule has 0 aliphatic heterocycles. The van der Waals surface area contributed by atoms with Crippen molar-refractivity contribution in [3.8, 4) is 0 Å². The Morgan fingerprint density at radius 3 is 2.68 bits per heavy atom. The molecule has 1 atom stereocenters. The van der Waals surface area contributed by atoms with Crippen molar-refractivity contribution in [3.63, 3.8) is 0 Å². The molecule has 0 amide bonds. The van der Waals surface area contributed by atoms with E-state index in [-0.39, 0.29) is 17.1 Å². The van der Waals surface area contributed by atoms with Gasteiger partial charge in [0, 0.05) is 11.5 Å². The lowest BCUT2D eigenvalue weighted by Gasteiger charge is -2.47. The predicted octanol–water partition coefficient (Wildman–Crippen LogP) is 1.25. The van der Waals surface area contributed by atoms with E-state index in [1.54, 1.807) is 0 Å². The van der Waals surface area contributed by atoms with Crippen molar-refractivity contribution >= 4 is 11.0 Å². The van der Waals surface area contributed by atoms with Crippen LogP contribution in [0.4, 0.5) is 0 Å². The molecule has 1 aliphatic rings.